The van der Waals surface area contributed by atoms with Gasteiger partial charge < -0.3 is 15.4 Å². The molecule has 3 rings (SSSR count). The van der Waals surface area contributed by atoms with E-state index >= 15 is 0 Å². The second kappa shape index (κ2) is 9.68. The van der Waals surface area contributed by atoms with Gasteiger partial charge in [-0.25, -0.2) is 4.39 Å². The number of aryl methyl sites for hydroxylation is 1. The summed E-state index contributed by atoms with van der Waals surface area (Å²) in [7, 11) is 0. The van der Waals surface area contributed by atoms with Gasteiger partial charge in [-0.15, -0.1) is 11.3 Å². The average molecular weight is 405 g/mol. The van der Waals surface area contributed by atoms with E-state index in [1.54, 1.807) is 12.1 Å². The van der Waals surface area contributed by atoms with Crippen molar-refractivity contribution in [2.24, 2.45) is 0 Å². The van der Waals surface area contributed by atoms with Crippen molar-refractivity contribution in [1.82, 2.24) is 5.32 Å². The van der Waals surface area contributed by atoms with Crippen molar-refractivity contribution in [3.63, 3.8) is 0 Å². The first kappa shape index (κ1) is 20.3. The Morgan fingerprint density at radius 1 is 1.21 bits per heavy atom. The Kier molecular flexibility index (Phi) is 7.03. The molecule has 0 saturated heterocycles. The Morgan fingerprint density at radius 2 is 2.00 bits per heavy atom. The number of fused-ring (bicyclic) bond motifs is 1. The quantitative estimate of drug-likeness (QED) is 0.644. The van der Waals surface area contributed by atoms with Crippen molar-refractivity contribution in [3.8, 4) is 5.75 Å². The zero-order chi connectivity index (χ0) is 19.9. The number of benzene rings is 1. The molecular formula is C21H25FN2O3S. The van der Waals surface area contributed by atoms with Gasteiger partial charge in [0.25, 0.3) is 11.8 Å². The Balaban J connectivity index is 1.71. The molecule has 0 saturated carbocycles. The van der Waals surface area contributed by atoms with Crippen molar-refractivity contribution < 1.29 is 18.7 Å². The van der Waals surface area contributed by atoms with Crippen molar-refractivity contribution in [3.05, 3.63) is 46.1 Å². The first-order chi connectivity index (χ1) is 13.6. The van der Waals surface area contributed by atoms with Crippen molar-refractivity contribution in [2.45, 2.75) is 45.4 Å². The molecule has 2 aromatic rings. The van der Waals surface area contributed by atoms with E-state index in [1.807, 2.05) is 0 Å². The first-order valence-electron chi connectivity index (χ1n) is 9.70. The minimum absolute atomic E-state index is 0.0284. The molecule has 0 aliphatic heterocycles. The summed E-state index contributed by atoms with van der Waals surface area (Å²) in [5.74, 6) is -1.04. The number of nitrogens with one attached hydrogen (secondary N) is 2. The fraction of sp³-hybridized carbons (Fsp3) is 0.429. The predicted molar refractivity (Wildman–Crippen MR) is 109 cm³/mol. The number of thiophene rings is 1. The van der Waals surface area contributed by atoms with Gasteiger partial charge in [0, 0.05) is 11.4 Å². The highest BCUT2D eigenvalue weighted by Gasteiger charge is 2.26. The van der Waals surface area contributed by atoms with E-state index in [-0.39, 0.29) is 18.3 Å². The van der Waals surface area contributed by atoms with Crippen LogP contribution in [-0.4, -0.2) is 25.0 Å². The van der Waals surface area contributed by atoms with Crippen LogP contribution in [0.25, 0.3) is 0 Å². The smallest absolute Gasteiger partial charge is 0.262 e. The van der Waals surface area contributed by atoms with Crippen LogP contribution in [0.3, 0.4) is 0 Å². The Morgan fingerprint density at radius 3 is 2.79 bits per heavy atom. The molecule has 1 heterocycles. The van der Waals surface area contributed by atoms with Gasteiger partial charge >= 0.3 is 0 Å². The van der Waals surface area contributed by atoms with E-state index in [1.165, 1.54) is 23.5 Å². The van der Waals surface area contributed by atoms with E-state index in [9.17, 15) is 14.0 Å². The third kappa shape index (κ3) is 4.90. The number of unbranched alkanes of at least 4 members (excludes halogenated alkanes) is 1. The highest BCUT2D eigenvalue weighted by atomic mass is 32.1. The van der Waals surface area contributed by atoms with Crippen LogP contribution in [0, 0.1) is 5.82 Å². The fourth-order valence-electron chi connectivity index (χ4n) is 3.23. The summed E-state index contributed by atoms with van der Waals surface area (Å²) in [4.78, 5) is 26.3. The maximum Gasteiger partial charge on any atom is 0.262 e. The van der Waals surface area contributed by atoms with Crippen LogP contribution in [0.2, 0.25) is 0 Å². The molecule has 0 unspecified atom stereocenters. The first-order valence-corrected chi connectivity index (χ1v) is 10.5. The second-order valence-electron chi connectivity index (χ2n) is 6.79. The van der Waals surface area contributed by atoms with E-state index in [0.29, 0.717) is 17.1 Å². The van der Waals surface area contributed by atoms with Gasteiger partial charge in [-0.1, -0.05) is 25.5 Å². The maximum absolute atomic E-state index is 13.6. The number of halogens is 1. The largest absolute Gasteiger partial charge is 0.481 e. The fourth-order valence-corrected chi connectivity index (χ4v) is 4.53. The molecule has 1 aliphatic carbocycles. The lowest BCUT2D eigenvalue weighted by Gasteiger charge is -2.13. The lowest BCUT2D eigenvalue weighted by molar-refractivity contribution is -0.118. The molecule has 0 spiro atoms. The van der Waals surface area contributed by atoms with Gasteiger partial charge in [-0.05, 0) is 49.8 Å². The molecule has 2 amide bonds. The number of carbonyl (C=O) groups excluding carboxylic acids is 2. The van der Waals surface area contributed by atoms with Crippen molar-refractivity contribution >= 4 is 28.2 Å². The van der Waals surface area contributed by atoms with E-state index in [4.69, 9.17) is 4.74 Å². The molecule has 28 heavy (non-hydrogen) atoms. The predicted octanol–water partition coefficient (Wildman–Crippen LogP) is 4.31. The van der Waals surface area contributed by atoms with Gasteiger partial charge in [0.2, 0.25) is 0 Å². The number of carbonyl (C=O) groups is 2. The monoisotopic (exact) mass is 404 g/mol. The molecule has 5 nitrogen and oxygen atoms in total. The Labute approximate surface area is 168 Å². The molecule has 2 N–H and O–H groups in total. The number of para-hydroxylation sites is 1. The maximum atomic E-state index is 13.6. The topological polar surface area (TPSA) is 67.4 Å². The average Bonchev–Trinajstić information content (AvgIpc) is 3.05. The highest BCUT2D eigenvalue weighted by molar-refractivity contribution is 7.17. The van der Waals surface area contributed by atoms with Crippen molar-refractivity contribution in [1.29, 1.82) is 0 Å². The van der Waals surface area contributed by atoms with Gasteiger partial charge in [-0.3, -0.25) is 9.59 Å². The lowest BCUT2D eigenvalue weighted by Crippen LogP contribution is -2.27. The van der Waals surface area contributed by atoms with Crippen LogP contribution in [0.5, 0.6) is 5.75 Å². The van der Waals surface area contributed by atoms with Gasteiger partial charge in [-0.2, -0.15) is 0 Å². The SMILES string of the molecule is CCCCNC(=O)c1c(NC(=O)COc2ccccc2F)sc2c1CCCC2. The van der Waals surface area contributed by atoms with E-state index < -0.39 is 11.7 Å². The number of ether oxygens (including phenoxy) is 1. The molecule has 0 bridgehead atoms. The van der Waals surface area contributed by atoms with Crippen LogP contribution < -0.4 is 15.4 Å². The number of hydrogen-bond acceptors (Lipinski definition) is 4. The number of amides is 2. The number of hydrogen-bond donors (Lipinski definition) is 2. The molecule has 0 atom stereocenters. The molecule has 7 heteroatoms. The summed E-state index contributed by atoms with van der Waals surface area (Å²) >= 11 is 1.46. The second-order valence-corrected chi connectivity index (χ2v) is 7.90. The normalized spacial score (nSPS) is 12.9. The molecule has 150 valence electrons. The zero-order valence-electron chi connectivity index (χ0n) is 16.0. The summed E-state index contributed by atoms with van der Waals surface area (Å²) in [6.07, 6.45) is 5.83. The highest BCUT2D eigenvalue weighted by Crippen LogP contribution is 2.38. The summed E-state index contributed by atoms with van der Waals surface area (Å²) in [5.41, 5.74) is 1.63. The van der Waals surface area contributed by atoms with Crippen LogP contribution in [0.1, 0.15) is 53.4 Å². The molecular weight excluding hydrogens is 379 g/mol. The van der Waals surface area contributed by atoms with Crippen molar-refractivity contribution in [2.75, 3.05) is 18.5 Å². The van der Waals surface area contributed by atoms with Gasteiger partial charge in [0.1, 0.15) is 5.00 Å². The minimum Gasteiger partial charge on any atom is -0.481 e. The third-order valence-electron chi connectivity index (χ3n) is 4.66. The molecule has 1 aromatic heterocycles. The summed E-state index contributed by atoms with van der Waals surface area (Å²) in [6, 6.07) is 5.95. The lowest BCUT2D eigenvalue weighted by atomic mass is 9.95. The number of rotatable bonds is 8. The minimum atomic E-state index is -0.516. The molecule has 1 aliphatic rings. The molecule has 0 radical (unpaired) electrons. The van der Waals surface area contributed by atoms with Crippen LogP contribution in [-0.2, 0) is 17.6 Å². The van der Waals surface area contributed by atoms with Crippen LogP contribution >= 0.6 is 11.3 Å². The number of anilines is 1. The van der Waals surface area contributed by atoms with E-state index in [2.05, 4.69) is 17.6 Å². The molecule has 0 fully saturated rings. The summed E-state index contributed by atoms with van der Waals surface area (Å²) < 4.78 is 18.9. The van der Waals surface area contributed by atoms with E-state index in [0.717, 1.165) is 49.0 Å². The van der Waals surface area contributed by atoms with Crippen LogP contribution in [0.15, 0.2) is 24.3 Å². The van der Waals surface area contributed by atoms with Gasteiger partial charge in [0.15, 0.2) is 18.2 Å². The Bertz CT molecular complexity index is 850. The third-order valence-corrected chi connectivity index (χ3v) is 5.87. The van der Waals surface area contributed by atoms with Crippen LogP contribution in [0.4, 0.5) is 9.39 Å². The van der Waals surface area contributed by atoms with Gasteiger partial charge in [0.05, 0.1) is 5.56 Å². The Hall–Kier alpha value is -2.41. The standard InChI is InChI=1S/C21H25FN2O3S/c1-2-3-12-23-20(26)19-14-8-4-7-11-17(14)28-21(19)24-18(25)13-27-16-10-6-5-9-15(16)22/h5-6,9-10H,2-4,7-8,11-13H2,1H3,(H,23,26)(H,24,25). The molecule has 1 aromatic carbocycles. The zero-order valence-corrected chi connectivity index (χ0v) is 16.8. The summed E-state index contributed by atoms with van der Waals surface area (Å²) in [5, 5.41) is 6.31. The summed E-state index contributed by atoms with van der Waals surface area (Å²) in [6.45, 7) is 2.37.